The van der Waals surface area contributed by atoms with E-state index in [0.29, 0.717) is 0 Å². The molecule has 1 fully saturated rings. The highest BCUT2D eigenvalue weighted by Gasteiger charge is 2.31. The van der Waals surface area contributed by atoms with Crippen molar-refractivity contribution in [2.24, 2.45) is 4.99 Å². The number of nitrogens with zero attached hydrogens (tertiary/aromatic N) is 3. The number of nitrogens with one attached hydrogen (secondary N) is 1. The molecular formula is C21H23ClN4. The van der Waals surface area contributed by atoms with Crippen molar-refractivity contribution in [3.63, 3.8) is 0 Å². The molecule has 2 aliphatic heterocycles. The van der Waals surface area contributed by atoms with Crippen molar-refractivity contribution >= 4 is 28.9 Å². The van der Waals surface area contributed by atoms with E-state index in [1.807, 2.05) is 6.07 Å². The van der Waals surface area contributed by atoms with E-state index < -0.39 is 0 Å². The molecule has 5 heteroatoms. The van der Waals surface area contributed by atoms with E-state index in [0.717, 1.165) is 50.0 Å². The van der Waals surface area contributed by atoms with E-state index in [4.69, 9.17) is 16.6 Å². The summed E-state index contributed by atoms with van der Waals surface area (Å²) in [6, 6.07) is 15.1. The van der Waals surface area contributed by atoms with Crippen LogP contribution in [0.15, 0.2) is 47.5 Å². The highest BCUT2D eigenvalue weighted by Crippen LogP contribution is 2.43. The van der Waals surface area contributed by atoms with Gasteiger partial charge in [-0.05, 0) is 49.1 Å². The molecule has 0 spiro atoms. The van der Waals surface area contributed by atoms with Crippen molar-refractivity contribution in [3.05, 3.63) is 58.6 Å². The zero-order valence-electron chi connectivity index (χ0n) is 14.8. The molecule has 134 valence electrons. The molecule has 0 radical (unpaired) electrons. The predicted molar refractivity (Wildman–Crippen MR) is 108 cm³/mol. The molecular weight excluding hydrogens is 344 g/mol. The lowest BCUT2D eigenvalue weighted by Gasteiger charge is -2.40. The van der Waals surface area contributed by atoms with Crippen LogP contribution in [0.4, 0.5) is 11.4 Å². The van der Waals surface area contributed by atoms with Gasteiger partial charge >= 0.3 is 0 Å². The van der Waals surface area contributed by atoms with Crippen LogP contribution in [0.2, 0.25) is 5.02 Å². The minimum Gasteiger partial charge on any atom is -0.368 e. The number of halogens is 1. The summed E-state index contributed by atoms with van der Waals surface area (Å²) in [6.07, 6.45) is 3.36. The van der Waals surface area contributed by atoms with Crippen LogP contribution in [0.25, 0.3) is 0 Å². The molecule has 0 aromatic heterocycles. The Kier molecular flexibility index (Phi) is 4.01. The van der Waals surface area contributed by atoms with Gasteiger partial charge in [-0.2, -0.15) is 0 Å². The van der Waals surface area contributed by atoms with Crippen LogP contribution in [0.1, 0.15) is 30.0 Å². The Balaban J connectivity index is 1.35. The zero-order chi connectivity index (χ0) is 17.5. The summed E-state index contributed by atoms with van der Waals surface area (Å²) >= 11 is 6.43. The zero-order valence-corrected chi connectivity index (χ0v) is 15.5. The smallest absolute Gasteiger partial charge is 0.199 e. The van der Waals surface area contributed by atoms with Crippen LogP contribution in [-0.2, 0) is 6.42 Å². The molecule has 4 nitrogen and oxygen atoms in total. The third kappa shape index (κ3) is 2.73. The molecule has 0 amide bonds. The SMILES string of the molecule is Clc1ccc2c3c1CCCC3N=C(N1CCN(c3ccccc3)CC1)N2. The van der Waals surface area contributed by atoms with Gasteiger partial charge in [0, 0.05) is 48.1 Å². The van der Waals surface area contributed by atoms with Crippen LogP contribution in [0.5, 0.6) is 0 Å². The topological polar surface area (TPSA) is 30.9 Å². The number of benzene rings is 2. The van der Waals surface area contributed by atoms with E-state index in [1.54, 1.807) is 0 Å². The number of guanidine groups is 1. The van der Waals surface area contributed by atoms with Gasteiger partial charge in [0.25, 0.3) is 0 Å². The van der Waals surface area contributed by atoms with E-state index in [-0.39, 0.29) is 6.04 Å². The van der Waals surface area contributed by atoms with E-state index >= 15 is 0 Å². The Morgan fingerprint density at radius 1 is 0.962 bits per heavy atom. The van der Waals surface area contributed by atoms with Crippen molar-refractivity contribution in [1.82, 2.24) is 4.90 Å². The quantitative estimate of drug-likeness (QED) is 0.815. The van der Waals surface area contributed by atoms with Crippen LogP contribution in [0, 0.1) is 0 Å². The molecule has 1 saturated heterocycles. The summed E-state index contributed by atoms with van der Waals surface area (Å²) in [5, 5.41) is 4.48. The second-order valence-corrected chi connectivity index (χ2v) is 7.69. The largest absolute Gasteiger partial charge is 0.368 e. The Morgan fingerprint density at radius 3 is 2.54 bits per heavy atom. The first-order valence-corrected chi connectivity index (χ1v) is 9.88. The van der Waals surface area contributed by atoms with Gasteiger partial charge in [0.1, 0.15) is 0 Å². The van der Waals surface area contributed by atoms with Crippen LogP contribution in [-0.4, -0.2) is 37.0 Å². The number of rotatable bonds is 1. The Morgan fingerprint density at radius 2 is 1.73 bits per heavy atom. The lowest BCUT2D eigenvalue weighted by atomic mass is 9.86. The normalized spacial score (nSPS) is 21.7. The average Bonchev–Trinajstić information content (AvgIpc) is 2.71. The van der Waals surface area contributed by atoms with Gasteiger partial charge in [-0.1, -0.05) is 29.8 Å². The molecule has 1 unspecified atom stereocenters. The fraction of sp³-hybridized carbons (Fsp3) is 0.381. The second kappa shape index (κ2) is 6.51. The minimum absolute atomic E-state index is 0.260. The number of piperazine rings is 1. The van der Waals surface area contributed by atoms with Crippen molar-refractivity contribution < 1.29 is 0 Å². The van der Waals surface area contributed by atoms with Gasteiger partial charge in [-0.25, -0.2) is 4.99 Å². The van der Waals surface area contributed by atoms with Gasteiger partial charge in [-0.15, -0.1) is 0 Å². The summed E-state index contributed by atoms with van der Waals surface area (Å²) in [5.41, 5.74) is 5.13. The lowest BCUT2D eigenvalue weighted by Crippen LogP contribution is -2.51. The maximum Gasteiger partial charge on any atom is 0.199 e. The molecule has 3 aliphatic rings. The molecule has 1 N–H and O–H groups in total. The number of hydrogen-bond acceptors (Lipinski definition) is 4. The summed E-state index contributed by atoms with van der Waals surface area (Å²) in [4.78, 5) is 9.92. The monoisotopic (exact) mass is 366 g/mol. The van der Waals surface area contributed by atoms with Crippen molar-refractivity contribution in [1.29, 1.82) is 0 Å². The maximum absolute atomic E-state index is 6.43. The molecule has 1 atom stereocenters. The second-order valence-electron chi connectivity index (χ2n) is 7.28. The van der Waals surface area contributed by atoms with Gasteiger partial charge in [0.15, 0.2) is 5.96 Å². The fourth-order valence-electron chi connectivity index (χ4n) is 4.40. The first-order chi connectivity index (χ1) is 12.8. The Labute approximate surface area is 159 Å². The molecule has 2 aromatic carbocycles. The average molecular weight is 367 g/mol. The summed E-state index contributed by atoms with van der Waals surface area (Å²) < 4.78 is 0. The minimum atomic E-state index is 0.260. The first-order valence-electron chi connectivity index (χ1n) is 9.50. The molecule has 0 saturated carbocycles. The van der Waals surface area contributed by atoms with Crippen molar-refractivity contribution in [3.8, 4) is 0 Å². The number of para-hydroxylation sites is 1. The van der Waals surface area contributed by atoms with E-state index in [2.05, 4.69) is 51.5 Å². The summed E-state index contributed by atoms with van der Waals surface area (Å²) in [7, 11) is 0. The molecule has 0 bridgehead atoms. The predicted octanol–water partition coefficient (Wildman–Crippen LogP) is 4.32. The summed E-state index contributed by atoms with van der Waals surface area (Å²) in [6.45, 7) is 4.02. The van der Waals surface area contributed by atoms with Crippen molar-refractivity contribution in [2.75, 3.05) is 36.4 Å². The maximum atomic E-state index is 6.43. The molecule has 5 rings (SSSR count). The summed E-state index contributed by atoms with van der Waals surface area (Å²) in [5.74, 6) is 1.03. The Bertz CT molecular complexity index is 841. The number of aliphatic imine (C=N–C) groups is 1. The lowest BCUT2D eigenvalue weighted by molar-refractivity contribution is 0.379. The van der Waals surface area contributed by atoms with Crippen LogP contribution < -0.4 is 10.2 Å². The highest BCUT2D eigenvalue weighted by molar-refractivity contribution is 6.31. The van der Waals surface area contributed by atoms with Gasteiger partial charge in [-0.3, -0.25) is 0 Å². The number of anilines is 2. The van der Waals surface area contributed by atoms with Crippen LogP contribution >= 0.6 is 11.6 Å². The standard InChI is InChI=1S/C21H23ClN4/c22-17-9-10-19-20-16(17)7-4-8-18(20)23-21(24-19)26-13-11-25(12-14-26)15-5-2-1-3-6-15/h1-3,5-6,9-10,18H,4,7-8,11-14H2,(H,23,24). The molecule has 2 aromatic rings. The molecule has 26 heavy (non-hydrogen) atoms. The van der Waals surface area contributed by atoms with E-state index in [9.17, 15) is 0 Å². The fourth-order valence-corrected chi connectivity index (χ4v) is 4.66. The highest BCUT2D eigenvalue weighted by atomic mass is 35.5. The molecule has 1 aliphatic carbocycles. The number of hydrogen-bond donors (Lipinski definition) is 1. The first kappa shape index (κ1) is 16.0. The third-order valence-electron chi connectivity index (χ3n) is 5.76. The van der Waals surface area contributed by atoms with E-state index in [1.165, 1.54) is 28.9 Å². The van der Waals surface area contributed by atoms with Gasteiger partial charge < -0.3 is 15.1 Å². The van der Waals surface area contributed by atoms with Crippen LogP contribution in [0.3, 0.4) is 0 Å². The van der Waals surface area contributed by atoms with Crippen molar-refractivity contribution in [2.45, 2.75) is 25.3 Å². The molecule has 2 heterocycles. The third-order valence-corrected chi connectivity index (χ3v) is 6.12. The Hall–Kier alpha value is -2.20. The van der Waals surface area contributed by atoms with Gasteiger partial charge in [0.2, 0.25) is 0 Å². The van der Waals surface area contributed by atoms with Gasteiger partial charge in [0.05, 0.1) is 6.04 Å².